The van der Waals surface area contributed by atoms with Gasteiger partial charge >= 0.3 is 12.1 Å². The summed E-state index contributed by atoms with van der Waals surface area (Å²) in [5.41, 5.74) is -1.03. The minimum atomic E-state index is -1.59. The van der Waals surface area contributed by atoms with Gasteiger partial charge in [-0.2, -0.15) is 5.10 Å². The van der Waals surface area contributed by atoms with E-state index >= 15 is 0 Å². The lowest BCUT2D eigenvalue weighted by atomic mass is 9.96. The van der Waals surface area contributed by atoms with E-state index in [0.717, 1.165) is 5.56 Å². The minimum absolute atomic E-state index is 0.0554. The quantitative estimate of drug-likeness (QED) is 0.819. The van der Waals surface area contributed by atoms with Gasteiger partial charge in [0.15, 0.2) is 11.4 Å². The number of ether oxygens (including phenoxy) is 1. The molecule has 1 unspecified atom stereocenters. The number of hydrogen-bond acceptors (Lipinski definition) is 5. The van der Waals surface area contributed by atoms with E-state index in [-0.39, 0.29) is 18.6 Å². The molecule has 140 valence electrons. The molecule has 0 saturated carbocycles. The molecule has 0 radical (unpaired) electrons. The second-order valence-corrected chi connectivity index (χ2v) is 7.34. The van der Waals surface area contributed by atoms with E-state index in [1.807, 2.05) is 51.1 Å². The number of rotatable bonds is 6. The van der Waals surface area contributed by atoms with E-state index in [0.29, 0.717) is 5.82 Å². The maximum atomic E-state index is 12.0. The van der Waals surface area contributed by atoms with Gasteiger partial charge < -0.3 is 15.2 Å². The second-order valence-electron chi connectivity index (χ2n) is 7.34. The molecule has 2 rings (SSSR count). The van der Waals surface area contributed by atoms with Gasteiger partial charge in [-0.05, 0) is 12.5 Å². The molecule has 0 aliphatic heterocycles. The number of nitrogens with zero attached hydrogens (tertiary/aromatic N) is 3. The van der Waals surface area contributed by atoms with Gasteiger partial charge in [-0.25, -0.2) is 19.3 Å². The first-order valence-electron chi connectivity index (χ1n) is 8.22. The predicted octanol–water partition coefficient (Wildman–Crippen LogP) is 2.35. The van der Waals surface area contributed by atoms with Crippen molar-refractivity contribution in [3.05, 3.63) is 48.0 Å². The number of carboxylic acid groups (broad SMARTS) is 1. The summed E-state index contributed by atoms with van der Waals surface area (Å²) in [5.74, 6) is -0.598. The van der Waals surface area contributed by atoms with Crippen LogP contribution in [0.1, 0.15) is 39.1 Å². The highest BCUT2D eigenvalue weighted by atomic mass is 16.5. The van der Waals surface area contributed by atoms with Crippen LogP contribution in [0.15, 0.2) is 36.7 Å². The van der Waals surface area contributed by atoms with Crippen LogP contribution in [0.25, 0.3) is 0 Å². The molecule has 2 aromatic rings. The summed E-state index contributed by atoms with van der Waals surface area (Å²) in [5, 5.41) is 16.3. The number of amides is 1. The summed E-state index contributed by atoms with van der Waals surface area (Å²) in [6.45, 7) is 7.26. The molecule has 2 N–H and O–H groups in total. The third-order valence-electron chi connectivity index (χ3n) is 3.75. The first-order valence-corrected chi connectivity index (χ1v) is 8.22. The van der Waals surface area contributed by atoms with Crippen molar-refractivity contribution in [1.29, 1.82) is 0 Å². The zero-order valence-electron chi connectivity index (χ0n) is 15.4. The lowest BCUT2D eigenvalue weighted by Crippen LogP contribution is -2.55. The fourth-order valence-corrected chi connectivity index (χ4v) is 2.18. The van der Waals surface area contributed by atoms with Crippen LogP contribution in [-0.2, 0) is 28.1 Å². The third kappa shape index (κ3) is 5.05. The molecule has 1 aromatic carbocycles. The number of nitrogens with one attached hydrogen (secondary N) is 1. The van der Waals surface area contributed by atoms with Crippen molar-refractivity contribution in [1.82, 2.24) is 20.1 Å². The molecular weight excluding hydrogens is 336 g/mol. The Labute approximate surface area is 152 Å². The number of aliphatic carboxylic acids is 1. The fourth-order valence-electron chi connectivity index (χ4n) is 2.18. The summed E-state index contributed by atoms with van der Waals surface area (Å²) in [4.78, 5) is 28.0. The van der Waals surface area contributed by atoms with Crippen molar-refractivity contribution >= 4 is 12.1 Å². The number of hydrogen-bond donors (Lipinski definition) is 2. The number of alkyl carbamates (subject to hydrolysis) is 1. The van der Waals surface area contributed by atoms with E-state index in [9.17, 15) is 14.7 Å². The van der Waals surface area contributed by atoms with E-state index in [1.54, 1.807) is 0 Å². The molecule has 0 fully saturated rings. The smallest absolute Gasteiger partial charge is 0.408 e. The molecule has 0 aliphatic carbocycles. The highest BCUT2D eigenvalue weighted by Gasteiger charge is 2.37. The molecule has 8 heteroatoms. The molecule has 1 heterocycles. The Morgan fingerprint density at radius 3 is 2.38 bits per heavy atom. The van der Waals surface area contributed by atoms with Crippen LogP contribution in [0, 0.1) is 0 Å². The summed E-state index contributed by atoms with van der Waals surface area (Å²) in [6.07, 6.45) is 0.647. The van der Waals surface area contributed by atoms with E-state index in [2.05, 4.69) is 15.4 Å². The number of benzene rings is 1. The lowest BCUT2D eigenvalue weighted by molar-refractivity contribution is -0.144. The van der Waals surface area contributed by atoms with Crippen LogP contribution >= 0.6 is 0 Å². The molecule has 8 nitrogen and oxygen atoms in total. The van der Waals surface area contributed by atoms with Crippen LogP contribution in [0.2, 0.25) is 0 Å². The maximum Gasteiger partial charge on any atom is 0.408 e. The molecular formula is C18H24N4O4. The van der Waals surface area contributed by atoms with Gasteiger partial charge in [0.1, 0.15) is 12.9 Å². The lowest BCUT2D eigenvalue weighted by Gasteiger charge is -2.25. The Bertz CT molecular complexity index is 767. The number of carbonyl (C=O) groups excluding carboxylic acids is 1. The molecule has 0 bridgehead atoms. The van der Waals surface area contributed by atoms with Gasteiger partial charge in [0.05, 0.1) is 6.54 Å². The SMILES string of the molecule is CC(Cn1cnc(C(C)(C)C)n1)(NC(=O)OCc1ccccc1)C(=O)O. The Hall–Kier alpha value is -2.90. The van der Waals surface area contributed by atoms with Crippen LogP contribution in [-0.4, -0.2) is 37.5 Å². The van der Waals surface area contributed by atoms with E-state index in [1.165, 1.54) is 17.9 Å². The summed E-state index contributed by atoms with van der Waals surface area (Å²) >= 11 is 0. The molecule has 0 saturated heterocycles. The maximum absolute atomic E-state index is 12.0. The zero-order chi connectivity index (χ0) is 19.4. The van der Waals surface area contributed by atoms with Crippen LogP contribution < -0.4 is 5.32 Å². The molecule has 0 aliphatic rings. The van der Waals surface area contributed by atoms with Crippen molar-refractivity contribution in [3.63, 3.8) is 0 Å². The van der Waals surface area contributed by atoms with Gasteiger partial charge in [0.2, 0.25) is 0 Å². The van der Waals surface area contributed by atoms with Gasteiger partial charge in [0, 0.05) is 5.41 Å². The average Bonchev–Trinajstić information content (AvgIpc) is 3.02. The van der Waals surface area contributed by atoms with Gasteiger partial charge in [-0.15, -0.1) is 0 Å². The Kier molecular flexibility index (Phi) is 5.64. The molecule has 0 spiro atoms. The van der Waals surface area contributed by atoms with E-state index < -0.39 is 17.6 Å². The van der Waals surface area contributed by atoms with Crippen molar-refractivity contribution in [2.24, 2.45) is 0 Å². The Morgan fingerprint density at radius 1 is 1.19 bits per heavy atom. The van der Waals surface area contributed by atoms with Gasteiger partial charge in [-0.1, -0.05) is 51.1 Å². The number of carboxylic acids is 1. The van der Waals surface area contributed by atoms with Gasteiger partial charge in [0.25, 0.3) is 0 Å². The standard InChI is InChI=1S/C18H24N4O4/c1-17(2,3)14-19-12-22(21-14)11-18(4,15(23)24)20-16(25)26-10-13-8-6-5-7-9-13/h5-9,12H,10-11H2,1-4H3,(H,20,25)(H,23,24). The highest BCUT2D eigenvalue weighted by Crippen LogP contribution is 2.18. The van der Waals surface area contributed by atoms with Crippen molar-refractivity contribution in [3.8, 4) is 0 Å². The fraction of sp³-hybridized carbons (Fsp3) is 0.444. The van der Waals surface area contributed by atoms with Crippen LogP contribution in [0.4, 0.5) is 4.79 Å². The Balaban J connectivity index is 2.03. The van der Waals surface area contributed by atoms with Crippen molar-refractivity contribution < 1.29 is 19.4 Å². The summed E-state index contributed by atoms with van der Waals surface area (Å²) in [6, 6.07) is 9.14. The highest BCUT2D eigenvalue weighted by molar-refractivity contribution is 5.83. The molecule has 26 heavy (non-hydrogen) atoms. The second kappa shape index (κ2) is 7.55. The topological polar surface area (TPSA) is 106 Å². The predicted molar refractivity (Wildman–Crippen MR) is 94.5 cm³/mol. The zero-order valence-corrected chi connectivity index (χ0v) is 15.4. The first-order chi connectivity index (χ1) is 12.1. The normalized spacial score (nSPS) is 13.7. The van der Waals surface area contributed by atoms with Gasteiger partial charge in [-0.3, -0.25) is 0 Å². The minimum Gasteiger partial charge on any atom is -0.479 e. The van der Waals surface area contributed by atoms with Crippen LogP contribution in [0.5, 0.6) is 0 Å². The first kappa shape index (κ1) is 19.4. The largest absolute Gasteiger partial charge is 0.479 e. The molecule has 1 aromatic heterocycles. The molecule has 1 atom stereocenters. The average molecular weight is 360 g/mol. The van der Waals surface area contributed by atoms with Crippen molar-refractivity contribution in [2.75, 3.05) is 0 Å². The molecule has 1 amide bonds. The summed E-state index contributed by atoms with van der Waals surface area (Å²) < 4.78 is 6.52. The summed E-state index contributed by atoms with van der Waals surface area (Å²) in [7, 11) is 0. The van der Waals surface area contributed by atoms with Crippen LogP contribution in [0.3, 0.4) is 0 Å². The van der Waals surface area contributed by atoms with E-state index in [4.69, 9.17) is 4.74 Å². The third-order valence-corrected chi connectivity index (χ3v) is 3.75. The van der Waals surface area contributed by atoms with Crippen molar-refractivity contribution in [2.45, 2.75) is 51.8 Å². The Morgan fingerprint density at radius 2 is 1.85 bits per heavy atom. The number of aromatic nitrogens is 3. The monoisotopic (exact) mass is 360 g/mol. The number of carbonyl (C=O) groups is 2.